The fourth-order valence-electron chi connectivity index (χ4n) is 6.80. The first-order valence-electron chi connectivity index (χ1n) is 13.8. The summed E-state index contributed by atoms with van der Waals surface area (Å²) in [5, 5.41) is 11.8. The summed E-state index contributed by atoms with van der Waals surface area (Å²) in [7, 11) is 0. The predicted octanol–water partition coefficient (Wildman–Crippen LogP) is 3.91. The van der Waals surface area contributed by atoms with Gasteiger partial charge in [-0.05, 0) is 49.0 Å². The number of hydrogen-bond donors (Lipinski definition) is 1. The Labute approximate surface area is 235 Å². The van der Waals surface area contributed by atoms with Crippen LogP contribution in [0.2, 0.25) is 0 Å². The maximum atomic E-state index is 12.6. The van der Waals surface area contributed by atoms with E-state index in [1.165, 1.54) is 20.8 Å². The third-order valence-corrected chi connectivity index (χ3v) is 8.78. The van der Waals surface area contributed by atoms with Gasteiger partial charge in [0.2, 0.25) is 12.6 Å². The van der Waals surface area contributed by atoms with E-state index in [2.05, 4.69) is 13.2 Å². The second-order valence-electron chi connectivity index (χ2n) is 11.3. The highest BCUT2D eigenvalue weighted by Crippen LogP contribution is 2.68. The molecule has 222 valence electrons. The summed E-state index contributed by atoms with van der Waals surface area (Å²) < 4.78 is 29.0. The van der Waals surface area contributed by atoms with Crippen molar-refractivity contribution in [3.8, 4) is 0 Å². The monoisotopic (exact) mass is 562 g/mol. The first-order chi connectivity index (χ1) is 18.7. The molecule has 9 atom stereocenters. The van der Waals surface area contributed by atoms with E-state index >= 15 is 0 Å². The Hall–Kier alpha value is -2.98. The molecule has 0 aromatic carbocycles. The van der Waals surface area contributed by atoms with E-state index in [4.69, 9.17) is 23.7 Å². The van der Waals surface area contributed by atoms with Gasteiger partial charge in [0.05, 0.1) is 6.10 Å². The van der Waals surface area contributed by atoms with Gasteiger partial charge in [-0.3, -0.25) is 23.9 Å². The van der Waals surface area contributed by atoms with Crippen molar-refractivity contribution >= 4 is 23.9 Å². The number of rotatable bonds is 10. The zero-order chi connectivity index (χ0) is 30.0. The van der Waals surface area contributed by atoms with Crippen LogP contribution in [0, 0.1) is 22.7 Å². The minimum Gasteiger partial charge on any atom is -0.459 e. The van der Waals surface area contributed by atoms with Gasteiger partial charge in [-0.15, -0.1) is 0 Å². The van der Waals surface area contributed by atoms with Gasteiger partial charge in [0.1, 0.15) is 17.6 Å². The Morgan fingerprint density at radius 3 is 2.25 bits per heavy atom. The topological polar surface area (TPSA) is 135 Å². The van der Waals surface area contributed by atoms with Gasteiger partial charge in [-0.2, -0.15) is 0 Å². The molecule has 40 heavy (non-hydrogen) atoms. The van der Waals surface area contributed by atoms with Crippen LogP contribution >= 0.6 is 0 Å². The van der Waals surface area contributed by atoms with Crippen LogP contribution in [0.25, 0.3) is 0 Å². The summed E-state index contributed by atoms with van der Waals surface area (Å²) in [5.41, 5.74) is -1.02. The molecule has 1 saturated carbocycles. The molecular weight excluding hydrogens is 520 g/mol. The van der Waals surface area contributed by atoms with Crippen molar-refractivity contribution in [2.24, 2.45) is 22.7 Å². The maximum Gasteiger partial charge on any atom is 0.306 e. The molecule has 1 aliphatic heterocycles. The fourth-order valence-corrected chi connectivity index (χ4v) is 6.80. The van der Waals surface area contributed by atoms with Crippen LogP contribution in [0.15, 0.2) is 36.5 Å². The van der Waals surface area contributed by atoms with Crippen LogP contribution in [0.1, 0.15) is 73.6 Å². The average molecular weight is 563 g/mol. The summed E-state index contributed by atoms with van der Waals surface area (Å²) in [6.45, 7) is 17.3. The van der Waals surface area contributed by atoms with Crippen LogP contribution in [-0.4, -0.2) is 59.9 Å². The van der Waals surface area contributed by atoms with Crippen LogP contribution in [-0.2, 0) is 42.9 Å². The lowest BCUT2D eigenvalue weighted by Gasteiger charge is -2.62. The number of esters is 4. The molecule has 3 rings (SSSR count). The van der Waals surface area contributed by atoms with E-state index in [0.717, 1.165) is 5.57 Å². The molecule has 1 spiro atoms. The Kier molecular flexibility index (Phi) is 9.67. The van der Waals surface area contributed by atoms with Gasteiger partial charge in [0, 0.05) is 32.8 Å². The second-order valence-corrected chi connectivity index (χ2v) is 11.3. The number of ether oxygens (including phenoxy) is 5. The number of aliphatic hydroxyl groups excluding tert-OH is 1. The zero-order valence-corrected chi connectivity index (χ0v) is 24.3. The lowest BCUT2D eigenvalue weighted by atomic mass is 9.44. The zero-order valence-electron chi connectivity index (χ0n) is 24.3. The molecule has 0 amide bonds. The molecular formula is C30H42O10. The fraction of sp³-hybridized carbons (Fsp3) is 0.667. The summed E-state index contributed by atoms with van der Waals surface area (Å²) in [5.74, 6) is -3.33. The molecule has 3 aliphatic rings. The third-order valence-electron chi connectivity index (χ3n) is 8.78. The van der Waals surface area contributed by atoms with Crippen molar-refractivity contribution < 1.29 is 48.0 Å². The van der Waals surface area contributed by atoms with E-state index in [9.17, 15) is 24.3 Å². The minimum absolute atomic E-state index is 0.219. The first-order valence-corrected chi connectivity index (χ1v) is 13.8. The Morgan fingerprint density at radius 2 is 1.70 bits per heavy atom. The Balaban J connectivity index is 2.32. The van der Waals surface area contributed by atoms with E-state index in [1.807, 2.05) is 20.8 Å². The molecule has 2 fully saturated rings. The standard InChI is InChI=1S/C30H42O10/c1-9-11-24(34)39-21-14-22-27(37-19(6)32)40-28(38-20(7)33)30(22)23(15-21)29(8,13-12-16(3)10-2)17(4)25(35)26(30)36-18(5)31/h10,14,17,21,23,25-28,35H,2-3,9,11-13,15H2,1,4-8H3/t17-,21+,23+,25-,26+,27+,28-,29+,30+/m1/s1. The highest BCUT2D eigenvalue weighted by molar-refractivity contribution is 5.70. The molecule has 10 heteroatoms. The number of carbonyl (C=O) groups is 4. The van der Waals surface area contributed by atoms with Gasteiger partial charge in [-0.25, -0.2) is 0 Å². The van der Waals surface area contributed by atoms with Gasteiger partial charge < -0.3 is 24.1 Å². The summed E-state index contributed by atoms with van der Waals surface area (Å²) >= 11 is 0. The van der Waals surface area contributed by atoms with Gasteiger partial charge >= 0.3 is 23.9 Å². The van der Waals surface area contributed by atoms with E-state index in [0.29, 0.717) is 24.8 Å². The Bertz CT molecular complexity index is 1080. The van der Waals surface area contributed by atoms with Gasteiger partial charge in [0.25, 0.3) is 0 Å². The third kappa shape index (κ3) is 5.74. The predicted molar refractivity (Wildman–Crippen MR) is 143 cm³/mol. The van der Waals surface area contributed by atoms with Crippen molar-refractivity contribution in [2.45, 2.75) is 105 Å². The maximum absolute atomic E-state index is 12.6. The van der Waals surface area contributed by atoms with Crippen molar-refractivity contribution in [1.29, 1.82) is 0 Å². The van der Waals surface area contributed by atoms with Crippen LogP contribution in [0.5, 0.6) is 0 Å². The van der Waals surface area contributed by atoms with E-state index < -0.39 is 77.4 Å². The molecule has 0 unspecified atom stereocenters. The highest BCUT2D eigenvalue weighted by Gasteiger charge is 2.75. The minimum atomic E-state index is -1.44. The van der Waals surface area contributed by atoms with Crippen LogP contribution in [0.3, 0.4) is 0 Å². The number of hydrogen-bond acceptors (Lipinski definition) is 10. The largest absolute Gasteiger partial charge is 0.459 e. The van der Waals surface area contributed by atoms with Crippen molar-refractivity contribution in [3.63, 3.8) is 0 Å². The molecule has 0 aromatic rings. The van der Waals surface area contributed by atoms with Crippen LogP contribution in [0.4, 0.5) is 0 Å². The van der Waals surface area contributed by atoms with E-state index in [1.54, 1.807) is 12.2 Å². The summed E-state index contributed by atoms with van der Waals surface area (Å²) in [6.07, 6.45) is -0.393. The Morgan fingerprint density at radius 1 is 1.07 bits per heavy atom. The molecule has 0 aromatic heterocycles. The quantitative estimate of drug-likeness (QED) is 0.181. The van der Waals surface area contributed by atoms with Crippen molar-refractivity contribution in [1.82, 2.24) is 0 Å². The molecule has 0 radical (unpaired) electrons. The summed E-state index contributed by atoms with van der Waals surface area (Å²) in [6, 6.07) is 0. The normalized spacial score (nSPS) is 36.3. The van der Waals surface area contributed by atoms with Gasteiger partial charge in [0.15, 0.2) is 0 Å². The molecule has 10 nitrogen and oxygen atoms in total. The molecule has 1 saturated heterocycles. The van der Waals surface area contributed by atoms with Crippen molar-refractivity contribution in [2.75, 3.05) is 0 Å². The SMILES string of the molecule is C=CC(=C)CC[C@@]1(C)[C@H](C)[C@@H](O)[C@H](OC(C)=O)[C@]23C(=C[C@H](OC(=O)CCC)C[C@@H]12)[C@@H](OC(C)=O)O[C@H]3OC(C)=O. The first kappa shape index (κ1) is 31.5. The average Bonchev–Trinajstić information content (AvgIpc) is 3.15. The van der Waals surface area contributed by atoms with Crippen LogP contribution < -0.4 is 0 Å². The molecule has 2 aliphatic carbocycles. The number of carbonyl (C=O) groups excluding carboxylic acids is 4. The van der Waals surface area contributed by atoms with Crippen molar-refractivity contribution in [3.05, 3.63) is 36.5 Å². The highest BCUT2D eigenvalue weighted by atomic mass is 16.8. The molecule has 1 N–H and O–H groups in total. The second kappa shape index (κ2) is 12.3. The lowest BCUT2D eigenvalue weighted by molar-refractivity contribution is -0.277. The van der Waals surface area contributed by atoms with Gasteiger partial charge in [-0.1, -0.05) is 45.6 Å². The molecule has 0 bridgehead atoms. The van der Waals surface area contributed by atoms with E-state index in [-0.39, 0.29) is 12.8 Å². The number of aliphatic hydroxyl groups is 1. The smallest absolute Gasteiger partial charge is 0.306 e. The summed E-state index contributed by atoms with van der Waals surface area (Å²) in [4.78, 5) is 49.5. The molecule has 1 heterocycles. The number of allylic oxidation sites excluding steroid dienone is 2. The lowest BCUT2D eigenvalue weighted by Crippen LogP contribution is -2.69.